The van der Waals surface area contributed by atoms with Crippen molar-refractivity contribution in [2.75, 3.05) is 27.1 Å². The quantitative estimate of drug-likeness (QED) is 0.765. The van der Waals surface area contributed by atoms with E-state index in [1.54, 1.807) is 7.11 Å². The summed E-state index contributed by atoms with van der Waals surface area (Å²) in [5.74, 6) is 3.00. The maximum atomic E-state index is 9.15. The standard InChI is InChI=1S/C22H20O5/c1-24-19-5-4-14-8-16-13(9-18(14)22(19)25-7-6-23)2-3-15-10-20-21(11-17(15)16)27-12-26-20/h4-5,8-11,23H,2-3,6-7,12H2,1H3. The molecule has 0 unspecified atom stereocenters. The van der Waals surface area contributed by atoms with Crippen LogP contribution >= 0.6 is 0 Å². The Hall–Kier alpha value is -2.92. The minimum Gasteiger partial charge on any atom is -0.493 e. The molecule has 3 aromatic rings. The van der Waals surface area contributed by atoms with Crippen LogP contribution in [0.15, 0.2) is 36.4 Å². The van der Waals surface area contributed by atoms with E-state index in [-0.39, 0.29) is 20.0 Å². The third-order valence-corrected chi connectivity index (χ3v) is 5.27. The summed E-state index contributed by atoms with van der Waals surface area (Å²) in [6.45, 7) is 0.484. The Morgan fingerprint density at radius 2 is 1.70 bits per heavy atom. The van der Waals surface area contributed by atoms with Crippen LogP contribution in [-0.4, -0.2) is 32.2 Å². The topological polar surface area (TPSA) is 57.2 Å². The number of hydrogen-bond donors (Lipinski definition) is 1. The molecule has 2 aliphatic rings. The lowest BCUT2D eigenvalue weighted by molar-refractivity contribution is 0.174. The monoisotopic (exact) mass is 364 g/mol. The van der Waals surface area contributed by atoms with Crippen molar-refractivity contribution in [1.29, 1.82) is 0 Å². The van der Waals surface area contributed by atoms with Gasteiger partial charge in [0.05, 0.1) is 13.7 Å². The zero-order chi connectivity index (χ0) is 18.4. The van der Waals surface area contributed by atoms with Crippen molar-refractivity contribution >= 4 is 10.8 Å². The number of rotatable bonds is 4. The van der Waals surface area contributed by atoms with Gasteiger partial charge in [-0.3, -0.25) is 0 Å². The van der Waals surface area contributed by atoms with E-state index in [0.29, 0.717) is 11.5 Å². The first-order valence-corrected chi connectivity index (χ1v) is 9.08. The normalized spacial score (nSPS) is 14.0. The van der Waals surface area contributed by atoms with Crippen LogP contribution in [0.3, 0.4) is 0 Å². The van der Waals surface area contributed by atoms with Crippen molar-refractivity contribution in [3.8, 4) is 34.1 Å². The van der Waals surface area contributed by atoms with Crippen LogP contribution < -0.4 is 18.9 Å². The van der Waals surface area contributed by atoms with Crippen molar-refractivity contribution in [3.05, 3.63) is 47.5 Å². The number of fused-ring (bicyclic) bond motifs is 5. The summed E-state index contributed by atoms with van der Waals surface area (Å²) in [6, 6.07) is 12.5. The summed E-state index contributed by atoms with van der Waals surface area (Å²) in [7, 11) is 1.63. The molecule has 1 aliphatic carbocycles. The van der Waals surface area contributed by atoms with Gasteiger partial charge < -0.3 is 24.1 Å². The van der Waals surface area contributed by atoms with E-state index in [0.717, 1.165) is 35.1 Å². The Morgan fingerprint density at radius 3 is 2.48 bits per heavy atom. The fourth-order valence-electron chi connectivity index (χ4n) is 4.00. The molecule has 0 spiro atoms. The lowest BCUT2D eigenvalue weighted by Gasteiger charge is -2.22. The molecule has 0 saturated carbocycles. The maximum Gasteiger partial charge on any atom is 0.231 e. The highest BCUT2D eigenvalue weighted by Crippen LogP contribution is 2.45. The van der Waals surface area contributed by atoms with Crippen LogP contribution in [0, 0.1) is 0 Å². The first kappa shape index (κ1) is 16.3. The molecule has 1 N–H and O–H groups in total. The molecule has 5 nitrogen and oxygen atoms in total. The second kappa shape index (κ2) is 6.35. The van der Waals surface area contributed by atoms with Gasteiger partial charge in [-0.15, -0.1) is 0 Å². The number of ether oxygens (including phenoxy) is 4. The predicted molar refractivity (Wildman–Crippen MR) is 102 cm³/mol. The van der Waals surface area contributed by atoms with E-state index in [4.69, 9.17) is 24.1 Å². The SMILES string of the molecule is COc1ccc2cc3c(cc2c1OCCO)CCc1cc2c(cc1-3)OCO2. The molecular weight excluding hydrogens is 344 g/mol. The Morgan fingerprint density at radius 1 is 0.963 bits per heavy atom. The van der Waals surface area contributed by atoms with Crippen molar-refractivity contribution < 1.29 is 24.1 Å². The summed E-state index contributed by atoms with van der Waals surface area (Å²) in [5, 5.41) is 11.2. The molecular formula is C22H20O5. The highest BCUT2D eigenvalue weighted by molar-refractivity contribution is 5.96. The van der Waals surface area contributed by atoms with Crippen LogP contribution in [0.5, 0.6) is 23.0 Å². The minimum atomic E-state index is -0.0367. The number of methoxy groups -OCH3 is 1. The van der Waals surface area contributed by atoms with Gasteiger partial charge in [0.1, 0.15) is 6.61 Å². The number of aliphatic hydroxyl groups excluding tert-OH is 1. The summed E-state index contributed by atoms with van der Waals surface area (Å²) in [4.78, 5) is 0. The number of benzene rings is 3. The molecule has 0 radical (unpaired) electrons. The van der Waals surface area contributed by atoms with Gasteiger partial charge in [-0.2, -0.15) is 0 Å². The molecule has 3 aromatic carbocycles. The maximum absolute atomic E-state index is 9.15. The van der Waals surface area contributed by atoms with Crippen LogP contribution in [0.25, 0.3) is 21.9 Å². The van der Waals surface area contributed by atoms with Gasteiger partial charge in [-0.05, 0) is 70.8 Å². The number of hydrogen-bond acceptors (Lipinski definition) is 5. The van der Waals surface area contributed by atoms with Gasteiger partial charge in [0.15, 0.2) is 23.0 Å². The molecule has 1 aliphatic heterocycles. The van der Waals surface area contributed by atoms with Crippen molar-refractivity contribution in [3.63, 3.8) is 0 Å². The minimum absolute atomic E-state index is 0.0367. The third-order valence-electron chi connectivity index (χ3n) is 5.27. The second-order valence-electron chi connectivity index (χ2n) is 6.76. The summed E-state index contributed by atoms with van der Waals surface area (Å²) in [5.41, 5.74) is 4.99. The molecule has 1 heterocycles. The van der Waals surface area contributed by atoms with Gasteiger partial charge in [-0.1, -0.05) is 6.07 Å². The van der Waals surface area contributed by atoms with Crippen molar-refractivity contribution in [2.24, 2.45) is 0 Å². The first-order valence-electron chi connectivity index (χ1n) is 9.08. The fourth-order valence-corrected chi connectivity index (χ4v) is 4.00. The van der Waals surface area contributed by atoms with Gasteiger partial charge in [-0.25, -0.2) is 0 Å². The molecule has 27 heavy (non-hydrogen) atoms. The highest BCUT2D eigenvalue weighted by atomic mass is 16.7. The van der Waals surface area contributed by atoms with E-state index in [2.05, 4.69) is 24.3 Å². The first-order chi connectivity index (χ1) is 13.3. The molecule has 0 atom stereocenters. The molecule has 0 aromatic heterocycles. The van der Waals surface area contributed by atoms with Gasteiger partial charge >= 0.3 is 0 Å². The van der Waals surface area contributed by atoms with Crippen LogP contribution in [0.4, 0.5) is 0 Å². The summed E-state index contributed by atoms with van der Waals surface area (Å²) in [6.07, 6.45) is 1.91. The molecule has 5 rings (SSSR count). The van der Waals surface area contributed by atoms with E-state index in [1.807, 2.05) is 12.1 Å². The van der Waals surface area contributed by atoms with E-state index >= 15 is 0 Å². The van der Waals surface area contributed by atoms with Gasteiger partial charge in [0.25, 0.3) is 0 Å². The zero-order valence-corrected chi connectivity index (χ0v) is 15.1. The van der Waals surface area contributed by atoms with E-state index < -0.39 is 0 Å². The fraction of sp³-hybridized carbons (Fsp3) is 0.273. The lowest BCUT2D eigenvalue weighted by Crippen LogP contribution is -2.06. The number of aliphatic hydroxyl groups is 1. The summed E-state index contributed by atoms with van der Waals surface area (Å²) >= 11 is 0. The Labute approximate surface area is 157 Å². The average molecular weight is 364 g/mol. The third kappa shape index (κ3) is 2.58. The van der Waals surface area contributed by atoms with Crippen molar-refractivity contribution in [1.82, 2.24) is 0 Å². The van der Waals surface area contributed by atoms with Crippen LogP contribution in [-0.2, 0) is 12.8 Å². The summed E-state index contributed by atoms with van der Waals surface area (Å²) < 4.78 is 22.4. The van der Waals surface area contributed by atoms with Gasteiger partial charge in [0, 0.05) is 5.39 Å². The smallest absolute Gasteiger partial charge is 0.231 e. The van der Waals surface area contributed by atoms with Crippen LogP contribution in [0.1, 0.15) is 11.1 Å². The molecule has 0 saturated heterocycles. The highest BCUT2D eigenvalue weighted by Gasteiger charge is 2.23. The lowest BCUT2D eigenvalue weighted by atomic mass is 9.83. The van der Waals surface area contributed by atoms with E-state index in [1.165, 1.54) is 22.3 Å². The molecule has 5 heteroatoms. The average Bonchev–Trinajstić information content (AvgIpc) is 3.16. The molecule has 0 fully saturated rings. The molecule has 0 amide bonds. The zero-order valence-electron chi connectivity index (χ0n) is 15.1. The Kier molecular flexibility index (Phi) is 3.83. The van der Waals surface area contributed by atoms with E-state index in [9.17, 15) is 0 Å². The Bertz CT molecular complexity index is 1040. The van der Waals surface area contributed by atoms with Crippen LogP contribution in [0.2, 0.25) is 0 Å². The number of aryl methyl sites for hydroxylation is 2. The van der Waals surface area contributed by atoms with Crippen molar-refractivity contribution in [2.45, 2.75) is 12.8 Å². The largest absolute Gasteiger partial charge is 0.493 e. The second-order valence-corrected chi connectivity index (χ2v) is 6.76. The molecule has 0 bridgehead atoms. The molecule has 138 valence electrons. The van der Waals surface area contributed by atoms with Gasteiger partial charge in [0.2, 0.25) is 6.79 Å². The predicted octanol–water partition coefficient (Wildman–Crippen LogP) is 3.71. The Balaban J connectivity index is 1.69.